The van der Waals surface area contributed by atoms with Gasteiger partial charge in [-0.05, 0) is 43.9 Å². The van der Waals surface area contributed by atoms with Crippen molar-refractivity contribution in [1.29, 1.82) is 0 Å². The molecular formula is C20H18ClF3N4O. The fourth-order valence-electron chi connectivity index (χ4n) is 2.90. The quantitative estimate of drug-likeness (QED) is 0.652. The molecule has 29 heavy (non-hydrogen) atoms. The van der Waals surface area contributed by atoms with Crippen LogP contribution in [0.4, 0.5) is 18.9 Å². The second-order valence-electron chi connectivity index (χ2n) is 6.60. The van der Waals surface area contributed by atoms with Crippen LogP contribution in [0.2, 0.25) is 5.02 Å². The Hall–Kier alpha value is -2.84. The second kappa shape index (κ2) is 8.67. The van der Waals surface area contributed by atoms with Gasteiger partial charge in [0.25, 0.3) is 5.56 Å². The molecule has 1 N–H and O–H groups in total. The van der Waals surface area contributed by atoms with Crippen molar-refractivity contribution in [1.82, 2.24) is 14.7 Å². The zero-order chi connectivity index (χ0) is 21.1. The Bertz CT molecular complexity index is 1090. The van der Waals surface area contributed by atoms with E-state index in [2.05, 4.69) is 10.4 Å². The smallest absolute Gasteiger partial charge is 0.292 e. The molecule has 0 radical (unpaired) electrons. The van der Waals surface area contributed by atoms with Gasteiger partial charge in [0, 0.05) is 12.6 Å². The normalized spacial score (nSPS) is 12.2. The lowest BCUT2D eigenvalue weighted by Gasteiger charge is -2.25. The van der Waals surface area contributed by atoms with Crippen LogP contribution in [-0.4, -0.2) is 35.3 Å². The number of hydrogen-bond acceptors (Lipinski definition) is 4. The number of aromatic nitrogens is 2. The maximum Gasteiger partial charge on any atom is 0.292 e. The van der Waals surface area contributed by atoms with Crippen molar-refractivity contribution < 1.29 is 13.2 Å². The molecule has 1 unspecified atom stereocenters. The minimum atomic E-state index is -0.935. The topological polar surface area (TPSA) is 50.2 Å². The summed E-state index contributed by atoms with van der Waals surface area (Å²) in [6.45, 7) is 0.312. The molecule has 2 aromatic carbocycles. The van der Waals surface area contributed by atoms with E-state index < -0.39 is 17.2 Å². The van der Waals surface area contributed by atoms with E-state index in [1.54, 1.807) is 12.1 Å². The van der Waals surface area contributed by atoms with Gasteiger partial charge in [-0.2, -0.15) is 9.78 Å². The summed E-state index contributed by atoms with van der Waals surface area (Å²) in [5.41, 5.74) is 0.0251. The number of benzene rings is 2. The Kier molecular flexibility index (Phi) is 6.24. The van der Waals surface area contributed by atoms with Gasteiger partial charge in [-0.15, -0.1) is 0 Å². The highest BCUT2D eigenvalue weighted by Gasteiger charge is 2.18. The molecule has 0 fully saturated rings. The van der Waals surface area contributed by atoms with Crippen LogP contribution in [0.3, 0.4) is 0 Å². The number of halogens is 4. The summed E-state index contributed by atoms with van der Waals surface area (Å²) in [7, 11) is 3.68. The minimum Gasteiger partial charge on any atom is -0.380 e. The summed E-state index contributed by atoms with van der Waals surface area (Å²) in [6.07, 6.45) is 1.28. The molecule has 3 aromatic rings. The summed E-state index contributed by atoms with van der Waals surface area (Å²) in [5, 5.41) is 6.77. The Morgan fingerprint density at radius 1 is 1.14 bits per heavy atom. The first-order valence-electron chi connectivity index (χ1n) is 8.67. The van der Waals surface area contributed by atoms with Gasteiger partial charge >= 0.3 is 0 Å². The lowest BCUT2D eigenvalue weighted by Crippen LogP contribution is -2.28. The molecule has 0 spiro atoms. The van der Waals surface area contributed by atoms with Crippen LogP contribution >= 0.6 is 11.6 Å². The van der Waals surface area contributed by atoms with Crippen LogP contribution in [-0.2, 0) is 0 Å². The lowest BCUT2D eigenvalue weighted by atomic mass is 10.1. The van der Waals surface area contributed by atoms with Gasteiger partial charge in [-0.3, -0.25) is 4.79 Å². The summed E-state index contributed by atoms with van der Waals surface area (Å²) in [6, 6.07) is 8.78. The fourth-order valence-corrected chi connectivity index (χ4v) is 3.10. The van der Waals surface area contributed by atoms with Gasteiger partial charge in [-0.25, -0.2) is 13.2 Å². The standard InChI is InChI=1S/C20H18ClF3N4O/c1-27(2)18(12-4-3-5-13(22)8-12)11-25-16-10-26-28(20(29)19(16)21)17-7-6-14(23)9-15(17)24/h3-10,18,25H,11H2,1-2H3. The molecule has 0 aliphatic rings. The van der Waals surface area contributed by atoms with Crippen LogP contribution in [0.1, 0.15) is 11.6 Å². The average molecular weight is 423 g/mol. The molecule has 0 bridgehead atoms. The van der Waals surface area contributed by atoms with Crippen LogP contribution < -0.4 is 10.9 Å². The predicted molar refractivity (Wildman–Crippen MR) is 106 cm³/mol. The van der Waals surface area contributed by atoms with Gasteiger partial charge < -0.3 is 10.2 Å². The molecule has 152 valence electrons. The van der Waals surface area contributed by atoms with E-state index in [0.717, 1.165) is 22.4 Å². The third-order valence-electron chi connectivity index (χ3n) is 4.40. The summed E-state index contributed by atoms with van der Waals surface area (Å²) < 4.78 is 41.4. The van der Waals surface area contributed by atoms with Crippen molar-refractivity contribution in [2.75, 3.05) is 26.0 Å². The van der Waals surface area contributed by atoms with E-state index in [4.69, 9.17) is 11.6 Å². The zero-order valence-corrected chi connectivity index (χ0v) is 16.4. The highest BCUT2D eigenvalue weighted by Crippen LogP contribution is 2.23. The van der Waals surface area contributed by atoms with Crippen LogP contribution in [0.25, 0.3) is 5.69 Å². The molecule has 0 amide bonds. The first-order valence-corrected chi connectivity index (χ1v) is 9.04. The van der Waals surface area contributed by atoms with Crippen molar-refractivity contribution in [3.8, 4) is 5.69 Å². The van der Waals surface area contributed by atoms with Crippen LogP contribution in [0, 0.1) is 17.5 Å². The molecule has 9 heteroatoms. The van der Waals surface area contributed by atoms with Crippen molar-refractivity contribution in [2.45, 2.75) is 6.04 Å². The third-order valence-corrected chi connectivity index (χ3v) is 4.76. The van der Waals surface area contributed by atoms with Gasteiger partial charge in [0.2, 0.25) is 0 Å². The Morgan fingerprint density at radius 3 is 2.52 bits per heavy atom. The number of nitrogens with one attached hydrogen (secondary N) is 1. The third kappa shape index (κ3) is 4.60. The zero-order valence-electron chi connectivity index (χ0n) is 15.7. The number of hydrogen-bond donors (Lipinski definition) is 1. The van der Waals surface area contributed by atoms with E-state index in [1.807, 2.05) is 19.0 Å². The summed E-state index contributed by atoms with van der Waals surface area (Å²) in [4.78, 5) is 14.4. The molecular weight excluding hydrogens is 405 g/mol. The van der Waals surface area contributed by atoms with E-state index in [0.29, 0.717) is 12.6 Å². The van der Waals surface area contributed by atoms with Crippen molar-refractivity contribution in [3.63, 3.8) is 0 Å². The van der Waals surface area contributed by atoms with Crippen molar-refractivity contribution in [2.24, 2.45) is 0 Å². The van der Waals surface area contributed by atoms with Gasteiger partial charge in [0.05, 0.1) is 17.9 Å². The molecule has 1 aromatic heterocycles. The monoisotopic (exact) mass is 422 g/mol. The van der Waals surface area contributed by atoms with Gasteiger partial charge in [0.1, 0.15) is 22.3 Å². The molecule has 5 nitrogen and oxygen atoms in total. The van der Waals surface area contributed by atoms with Crippen LogP contribution in [0.5, 0.6) is 0 Å². The molecule has 3 rings (SSSR count). The van der Waals surface area contributed by atoms with Crippen molar-refractivity contribution >= 4 is 17.3 Å². The average Bonchev–Trinajstić information content (AvgIpc) is 2.66. The molecule has 1 atom stereocenters. The van der Waals surface area contributed by atoms with Gasteiger partial charge in [0.15, 0.2) is 5.82 Å². The molecule has 0 aliphatic carbocycles. The van der Waals surface area contributed by atoms with Crippen LogP contribution in [0.15, 0.2) is 53.5 Å². The molecule has 0 saturated heterocycles. The number of rotatable bonds is 6. The number of likely N-dealkylation sites (N-methyl/N-ethyl adjacent to an activating group) is 1. The minimum absolute atomic E-state index is 0.194. The first kappa shape index (κ1) is 20.9. The van der Waals surface area contributed by atoms with Crippen molar-refractivity contribution in [3.05, 3.63) is 87.1 Å². The fraction of sp³-hybridized carbons (Fsp3) is 0.200. The number of nitrogens with zero attached hydrogens (tertiary/aromatic N) is 3. The highest BCUT2D eigenvalue weighted by atomic mass is 35.5. The maximum atomic E-state index is 14.0. The molecule has 0 saturated carbocycles. The Labute approximate surface area is 170 Å². The van der Waals surface area contributed by atoms with E-state index >= 15 is 0 Å². The summed E-state index contributed by atoms with van der Waals surface area (Å²) >= 11 is 6.16. The lowest BCUT2D eigenvalue weighted by molar-refractivity contribution is 0.311. The summed E-state index contributed by atoms with van der Waals surface area (Å²) in [5.74, 6) is -2.05. The highest BCUT2D eigenvalue weighted by molar-refractivity contribution is 6.32. The SMILES string of the molecule is CN(C)C(CNc1cnn(-c2ccc(F)cc2F)c(=O)c1Cl)c1cccc(F)c1. The van der Waals surface area contributed by atoms with E-state index in [1.165, 1.54) is 18.3 Å². The van der Waals surface area contributed by atoms with E-state index in [-0.39, 0.29) is 28.3 Å². The Morgan fingerprint density at radius 2 is 1.86 bits per heavy atom. The maximum absolute atomic E-state index is 14.0. The molecule has 1 heterocycles. The number of anilines is 1. The predicted octanol–water partition coefficient (Wildman–Crippen LogP) is 4.02. The first-order chi connectivity index (χ1) is 13.8. The Balaban J connectivity index is 1.86. The largest absolute Gasteiger partial charge is 0.380 e. The van der Waals surface area contributed by atoms with Gasteiger partial charge in [-0.1, -0.05) is 23.7 Å². The molecule has 0 aliphatic heterocycles. The second-order valence-corrected chi connectivity index (χ2v) is 6.98. The van der Waals surface area contributed by atoms with E-state index in [9.17, 15) is 18.0 Å².